The van der Waals surface area contributed by atoms with Gasteiger partial charge in [-0.25, -0.2) is 0 Å². The van der Waals surface area contributed by atoms with E-state index in [9.17, 15) is 9.90 Å². The molecule has 0 heterocycles. The summed E-state index contributed by atoms with van der Waals surface area (Å²) in [6.07, 6.45) is 11.3. The molecule has 2 saturated carbocycles. The van der Waals surface area contributed by atoms with Gasteiger partial charge in [-0.1, -0.05) is 36.8 Å². The second-order valence-electron chi connectivity index (χ2n) is 8.32. The van der Waals surface area contributed by atoms with Crippen LogP contribution in [-0.4, -0.2) is 21.9 Å². The molecule has 1 aromatic rings. The Morgan fingerprint density at radius 2 is 2.07 bits per heavy atom. The van der Waals surface area contributed by atoms with Crippen LogP contribution in [-0.2, 0) is 4.79 Å². The summed E-state index contributed by atoms with van der Waals surface area (Å²) in [4.78, 5) is 11.7. The summed E-state index contributed by atoms with van der Waals surface area (Å²) in [7, 11) is 0. The molecule has 0 saturated heterocycles. The third-order valence-electron chi connectivity index (χ3n) is 6.23. The van der Waals surface area contributed by atoms with Crippen LogP contribution in [0.5, 0.6) is 0 Å². The van der Waals surface area contributed by atoms with Crippen LogP contribution in [0, 0.1) is 23.7 Å². The van der Waals surface area contributed by atoms with Crippen molar-refractivity contribution in [1.82, 2.24) is 5.43 Å². The van der Waals surface area contributed by atoms with Crippen molar-refractivity contribution in [2.24, 2.45) is 28.8 Å². The largest absolute Gasteiger partial charge is 0.481 e. The molecule has 1 unspecified atom stereocenters. The average molecular weight is 414 g/mol. The maximum atomic E-state index is 11.7. The molecule has 0 spiro atoms. The standard InChI is InChI=1S/C23H31N3O2S/c1-16(25-26-23(29)24-19-9-5-3-6-10-19)8-4-2-7-11-20(22(27)28)21-15-17-12-13-18(21)14-17/h2-6,9-10,17-18,20-21H,7-8,11-15H2,1H3,(H,27,28)(H2,24,26,29)/t17-,18-,20?,21-/m1/s1. The normalized spacial score (nSPS) is 24.6. The highest BCUT2D eigenvalue weighted by molar-refractivity contribution is 7.80. The highest BCUT2D eigenvalue weighted by Gasteiger charge is 2.44. The molecule has 6 heteroatoms. The predicted molar refractivity (Wildman–Crippen MR) is 122 cm³/mol. The lowest BCUT2D eigenvalue weighted by molar-refractivity contribution is -0.144. The van der Waals surface area contributed by atoms with Gasteiger partial charge in [-0.3, -0.25) is 10.2 Å². The molecule has 2 aliphatic rings. The molecular formula is C23H31N3O2S. The minimum absolute atomic E-state index is 0.187. The van der Waals surface area contributed by atoms with Crippen LogP contribution in [0.25, 0.3) is 0 Å². The van der Waals surface area contributed by atoms with Gasteiger partial charge in [0.15, 0.2) is 5.11 Å². The average Bonchev–Trinajstić information content (AvgIpc) is 3.33. The third kappa shape index (κ3) is 6.39. The molecule has 3 N–H and O–H groups in total. The Morgan fingerprint density at radius 3 is 2.72 bits per heavy atom. The highest BCUT2D eigenvalue weighted by atomic mass is 32.1. The number of aliphatic carboxylic acids is 1. The quantitative estimate of drug-likeness (QED) is 0.224. The summed E-state index contributed by atoms with van der Waals surface area (Å²) in [6, 6.07) is 9.71. The number of hydrazone groups is 1. The number of carboxylic acid groups (broad SMARTS) is 1. The van der Waals surface area contributed by atoms with Crippen LogP contribution in [0.4, 0.5) is 5.69 Å². The van der Waals surface area contributed by atoms with Crippen LogP contribution in [0.1, 0.15) is 51.9 Å². The Balaban J connectivity index is 1.37. The topological polar surface area (TPSA) is 73.7 Å². The molecule has 29 heavy (non-hydrogen) atoms. The summed E-state index contributed by atoms with van der Waals surface area (Å²) in [5.41, 5.74) is 4.69. The van der Waals surface area contributed by atoms with Gasteiger partial charge in [0, 0.05) is 17.8 Å². The third-order valence-corrected chi connectivity index (χ3v) is 6.42. The molecule has 0 aliphatic heterocycles. The van der Waals surface area contributed by atoms with Gasteiger partial charge in [-0.05, 0) is 81.1 Å². The fraction of sp³-hybridized carbons (Fsp3) is 0.522. The molecule has 0 aromatic heterocycles. The highest BCUT2D eigenvalue weighted by Crippen LogP contribution is 2.51. The van der Waals surface area contributed by atoms with E-state index in [0.29, 0.717) is 23.4 Å². The smallest absolute Gasteiger partial charge is 0.306 e. The number of allylic oxidation sites excluding steroid dienone is 2. The van der Waals surface area contributed by atoms with Gasteiger partial charge < -0.3 is 10.4 Å². The number of benzene rings is 1. The first-order chi connectivity index (χ1) is 14.0. The SMILES string of the molecule is CC(CC=CCCC(C(=O)O)[C@@H]1C[C@@H]2CC[C@@H]1C2)=NNC(=S)Nc1ccccc1. The molecule has 156 valence electrons. The fourth-order valence-corrected chi connectivity index (χ4v) is 4.99. The number of rotatable bonds is 9. The number of thiocarbonyl (C=S) groups is 1. The summed E-state index contributed by atoms with van der Waals surface area (Å²) in [5.74, 6) is 1.03. The Labute approximate surface area is 178 Å². The van der Waals surface area contributed by atoms with Crippen molar-refractivity contribution in [2.75, 3.05) is 5.32 Å². The molecule has 0 radical (unpaired) electrons. The first kappa shape index (κ1) is 21.5. The van der Waals surface area contributed by atoms with E-state index in [1.807, 2.05) is 37.3 Å². The Morgan fingerprint density at radius 1 is 1.28 bits per heavy atom. The number of fused-ring (bicyclic) bond motifs is 2. The van der Waals surface area contributed by atoms with E-state index in [1.165, 1.54) is 19.3 Å². The molecule has 4 atom stereocenters. The van der Waals surface area contributed by atoms with Gasteiger partial charge in [0.05, 0.1) is 5.92 Å². The molecule has 2 aliphatic carbocycles. The fourth-order valence-electron chi connectivity index (χ4n) is 4.83. The number of nitrogens with one attached hydrogen (secondary N) is 2. The number of hydrogen-bond acceptors (Lipinski definition) is 3. The van der Waals surface area contributed by atoms with E-state index in [-0.39, 0.29) is 5.92 Å². The van der Waals surface area contributed by atoms with Gasteiger partial charge >= 0.3 is 5.97 Å². The molecule has 2 fully saturated rings. The van der Waals surface area contributed by atoms with Crippen LogP contribution >= 0.6 is 12.2 Å². The molecule has 1 aromatic carbocycles. The minimum atomic E-state index is -0.614. The lowest BCUT2D eigenvalue weighted by atomic mass is 9.77. The number of para-hydroxylation sites is 1. The molecular weight excluding hydrogens is 382 g/mol. The maximum Gasteiger partial charge on any atom is 0.306 e. The van der Waals surface area contributed by atoms with Crippen molar-refractivity contribution in [1.29, 1.82) is 0 Å². The van der Waals surface area contributed by atoms with Crippen molar-refractivity contribution in [3.8, 4) is 0 Å². The van der Waals surface area contributed by atoms with E-state index in [4.69, 9.17) is 12.2 Å². The van der Waals surface area contributed by atoms with Gasteiger partial charge in [-0.2, -0.15) is 5.10 Å². The first-order valence-corrected chi connectivity index (χ1v) is 11.0. The van der Waals surface area contributed by atoms with E-state index in [1.54, 1.807) is 0 Å². The zero-order valence-electron chi connectivity index (χ0n) is 17.0. The summed E-state index contributed by atoms with van der Waals surface area (Å²) >= 11 is 5.23. The van der Waals surface area contributed by atoms with E-state index >= 15 is 0 Å². The number of nitrogens with zero attached hydrogens (tertiary/aromatic N) is 1. The van der Waals surface area contributed by atoms with E-state index in [0.717, 1.165) is 36.6 Å². The van der Waals surface area contributed by atoms with E-state index < -0.39 is 5.97 Å². The monoisotopic (exact) mass is 413 g/mol. The van der Waals surface area contributed by atoms with Gasteiger partial charge in [-0.15, -0.1) is 0 Å². The van der Waals surface area contributed by atoms with Crippen LogP contribution < -0.4 is 10.7 Å². The number of carboxylic acids is 1. The summed E-state index contributed by atoms with van der Waals surface area (Å²) in [6.45, 7) is 1.94. The lowest BCUT2D eigenvalue weighted by Crippen LogP contribution is -2.27. The van der Waals surface area contributed by atoms with Crippen molar-refractivity contribution < 1.29 is 9.90 Å². The molecule has 3 rings (SSSR count). The molecule has 5 nitrogen and oxygen atoms in total. The minimum Gasteiger partial charge on any atom is -0.481 e. The molecule has 0 amide bonds. The maximum absolute atomic E-state index is 11.7. The predicted octanol–water partition coefficient (Wildman–Crippen LogP) is 5.21. The van der Waals surface area contributed by atoms with Crippen molar-refractivity contribution in [2.45, 2.75) is 51.9 Å². The number of carbonyl (C=O) groups is 1. The number of hydrogen-bond donors (Lipinski definition) is 3. The summed E-state index contributed by atoms with van der Waals surface area (Å²) < 4.78 is 0. The van der Waals surface area contributed by atoms with Crippen molar-refractivity contribution in [3.63, 3.8) is 0 Å². The lowest BCUT2D eigenvalue weighted by Gasteiger charge is -2.27. The Hall–Kier alpha value is -2.21. The van der Waals surface area contributed by atoms with E-state index in [2.05, 4.69) is 28.0 Å². The zero-order chi connectivity index (χ0) is 20.6. The summed E-state index contributed by atoms with van der Waals surface area (Å²) in [5, 5.41) is 17.5. The van der Waals surface area contributed by atoms with Gasteiger partial charge in [0.2, 0.25) is 0 Å². The Kier molecular flexibility index (Phi) is 7.81. The second kappa shape index (κ2) is 10.5. The van der Waals surface area contributed by atoms with Gasteiger partial charge in [0.25, 0.3) is 0 Å². The van der Waals surface area contributed by atoms with Crippen LogP contribution in [0.15, 0.2) is 47.6 Å². The molecule has 2 bridgehead atoms. The van der Waals surface area contributed by atoms with Crippen molar-refractivity contribution in [3.05, 3.63) is 42.5 Å². The Bertz CT molecular complexity index is 763. The van der Waals surface area contributed by atoms with Gasteiger partial charge in [0.1, 0.15) is 0 Å². The zero-order valence-corrected chi connectivity index (χ0v) is 17.8. The van der Waals surface area contributed by atoms with Crippen LogP contribution in [0.3, 0.4) is 0 Å². The first-order valence-electron chi connectivity index (χ1n) is 10.6. The second-order valence-corrected chi connectivity index (χ2v) is 8.72. The van der Waals surface area contributed by atoms with Crippen LogP contribution in [0.2, 0.25) is 0 Å². The van der Waals surface area contributed by atoms with Crippen molar-refractivity contribution >= 4 is 34.7 Å². The number of anilines is 1.